The SMILES string of the molecule is CCCCCCCCCCCCCCCCCCCCCCCCCCCCCCCC(=O)OCC(COC(=O)CCCCCCCCCCCCCC)OC(=O)CCCCCCCCCCCCCCCCC. The average Bonchev–Trinajstić information content (AvgIpc) is 3.40. The molecule has 0 aliphatic heterocycles. The molecular formula is C68H132O6. The third-order valence-electron chi connectivity index (χ3n) is 15.9. The molecule has 0 saturated heterocycles. The highest BCUT2D eigenvalue weighted by Gasteiger charge is 2.19. The van der Waals surface area contributed by atoms with Crippen LogP contribution in [0.1, 0.15) is 400 Å². The number of unbranched alkanes of at least 4 members (excludes halogenated alkanes) is 53. The third-order valence-corrected chi connectivity index (χ3v) is 15.9. The van der Waals surface area contributed by atoms with Crippen molar-refractivity contribution in [3.63, 3.8) is 0 Å². The normalized spacial score (nSPS) is 11.9. The monoisotopic (exact) mass is 1050 g/mol. The van der Waals surface area contributed by atoms with Crippen molar-refractivity contribution in [1.82, 2.24) is 0 Å². The van der Waals surface area contributed by atoms with E-state index in [0.717, 1.165) is 57.8 Å². The van der Waals surface area contributed by atoms with Crippen LogP contribution >= 0.6 is 0 Å². The Kier molecular flexibility index (Phi) is 62.6. The highest BCUT2D eigenvalue weighted by atomic mass is 16.6. The molecule has 6 heteroatoms. The van der Waals surface area contributed by atoms with Gasteiger partial charge in [-0.3, -0.25) is 14.4 Å². The maximum Gasteiger partial charge on any atom is 0.306 e. The maximum atomic E-state index is 12.9. The molecule has 74 heavy (non-hydrogen) atoms. The van der Waals surface area contributed by atoms with E-state index in [-0.39, 0.29) is 31.1 Å². The zero-order valence-corrected chi connectivity index (χ0v) is 50.7. The minimum atomic E-state index is -0.762. The van der Waals surface area contributed by atoms with Gasteiger partial charge >= 0.3 is 17.9 Å². The van der Waals surface area contributed by atoms with E-state index in [9.17, 15) is 14.4 Å². The van der Waals surface area contributed by atoms with Crippen LogP contribution in [-0.4, -0.2) is 37.2 Å². The summed E-state index contributed by atoms with van der Waals surface area (Å²) in [4.78, 5) is 38.3. The predicted molar refractivity (Wildman–Crippen MR) is 321 cm³/mol. The topological polar surface area (TPSA) is 78.9 Å². The Morgan fingerprint density at radius 3 is 0.541 bits per heavy atom. The van der Waals surface area contributed by atoms with Gasteiger partial charge in [-0.2, -0.15) is 0 Å². The summed E-state index contributed by atoms with van der Waals surface area (Å²) < 4.78 is 16.9. The third kappa shape index (κ3) is 61.3. The van der Waals surface area contributed by atoms with Crippen molar-refractivity contribution in [2.45, 2.75) is 406 Å². The molecule has 0 fully saturated rings. The Morgan fingerprint density at radius 1 is 0.216 bits per heavy atom. The fourth-order valence-electron chi connectivity index (χ4n) is 10.7. The molecule has 0 aliphatic carbocycles. The quantitative estimate of drug-likeness (QED) is 0.0343. The van der Waals surface area contributed by atoms with Crippen molar-refractivity contribution in [3.8, 4) is 0 Å². The standard InChI is InChI=1S/C68H132O6/c1-4-7-10-13-16-19-22-25-27-28-29-30-31-32-33-34-35-36-37-38-39-40-42-43-46-49-52-55-58-61-67(70)73-64-65(63-72-66(69)60-57-54-51-48-45-24-21-18-15-12-9-6-3)74-68(71)62-59-56-53-50-47-44-41-26-23-20-17-14-11-8-5-2/h65H,4-64H2,1-3H3. The summed E-state index contributed by atoms with van der Waals surface area (Å²) in [7, 11) is 0. The number of esters is 3. The van der Waals surface area contributed by atoms with E-state index in [1.54, 1.807) is 0 Å². The van der Waals surface area contributed by atoms with Gasteiger partial charge in [0.25, 0.3) is 0 Å². The number of ether oxygens (including phenoxy) is 3. The summed E-state index contributed by atoms with van der Waals surface area (Å²) in [5, 5.41) is 0. The van der Waals surface area contributed by atoms with Crippen LogP contribution in [0.5, 0.6) is 0 Å². The molecule has 6 nitrogen and oxygen atoms in total. The molecule has 0 aromatic carbocycles. The number of carbonyl (C=O) groups excluding carboxylic acids is 3. The van der Waals surface area contributed by atoms with E-state index in [0.29, 0.717) is 19.3 Å². The molecule has 1 atom stereocenters. The van der Waals surface area contributed by atoms with Gasteiger partial charge in [-0.25, -0.2) is 0 Å². The van der Waals surface area contributed by atoms with Crippen LogP contribution in [-0.2, 0) is 28.6 Å². The molecule has 0 heterocycles. The summed E-state index contributed by atoms with van der Waals surface area (Å²) in [6, 6.07) is 0. The van der Waals surface area contributed by atoms with Crippen molar-refractivity contribution < 1.29 is 28.6 Å². The summed E-state index contributed by atoms with van der Waals surface area (Å²) in [5.41, 5.74) is 0. The smallest absolute Gasteiger partial charge is 0.306 e. The number of hydrogen-bond donors (Lipinski definition) is 0. The first-order chi connectivity index (χ1) is 36.5. The molecule has 0 amide bonds. The van der Waals surface area contributed by atoms with E-state index < -0.39 is 6.10 Å². The first-order valence-electron chi connectivity index (χ1n) is 34.0. The number of carbonyl (C=O) groups is 3. The Labute approximate surface area is 463 Å². The van der Waals surface area contributed by atoms with Crippen molar-refractivity contribution in [2.75, 3.05) is 13.2 Å². The van der Waals surface area contributed by atoms with Crippen LogP contribution in [0.2, 0.25) is 0 Å². The minimum Gasteiger partial charge on any atom is -0.462 e. The van der Waals surface area contributed by atoms with Crippen molar-refractivity contribution in [3.05, 3.63) is 0 Å². The van der Waals surface area contributed by atoms with E-state index in [2.05, 4.69) is 20.8 Å². The van der Waals surface area contributed by atoms with Gasteiger partial charge in [0.1, 0.15) is 13.2 Å². The lowest BCUT2D eigenvalue weighted by molar-refractivity contribution is -0.167. The lowest BCUT2D eigenvalue weighted by Gasteiger charge is -2.18. The first-order valence-corrected chi connectivity index (χ1v) is 34.0. The van der Waals surface area contributed by atoms with Gasteiger partial charge in [0, 0.05) is 19.3 Å². The number of hydrogen-bond acceptors (Lipinski definition) is 6. The molecule has 0 spiro atoms. The average molecular weight is 1050 g/mol. The van der Waals surface area contributed by atoms with E-state index in [4.69, 9.17) is 14.2 Å². The first kappa shape index (κ1) is 72.4. The molecule has 0 aromatic rings. The van der Waals surface area contributed by atoms with Crippen molar-refractivity contribution in [1.29, 1.82) is 0 Å². The van der Waals surface area contributed by atoms with Crippen molar-refractivity contribution in [2.24, 2.45) is 0 Å². The van der Waals surface area contributed by atoms with Gasteiger partial charge in [0.05, 0.1) is 0 Å². The Hall–Kier alpha value is -1.59. The second-order valence-corrected chi connectivity index (χ2v) is 23.5. The number of rotatable bonds is 64. The van der Waals surface area contributed by atoms with Gasteiger partial charge in [0.2, 0.25) is 0 Å². The highest BCUT2D eigenvalue weighted by molar-refractivity contribution is 5.71. The van der Waals surface area contributed by atoms with Gasteiger partial charge < -0.3 is 14.2 Å². The lowest BCUT2D eigenvalue weighted by atomic mass is 10.0. The lowest BCUT2D eigenvalue weighted by Crippen LogP contribution is -2.30. The van der Waals surface area contributed by atoms with E-state index in [1.807, 2.05) is 0 Å². The van der Waals surface area contributed by atoms with Crippen LogP contribution in [0, 0.1) is 0 Å². The maximum absolute atomic E-state index is 12.9. The molecule has 0 radical (unpaired) electrons. The van der Waals surface area contributed by atoms with Crippen LogP contribution < -0.4 is 0 Å². The molecule has 0 aromatic heterocycles. The zero-order chi connectivity index (χ0) is 53.6. The van der Waals surface area contributed by atoms with E-state index in [1.165, 1.54) is 302 Å². The fourth-order valence-corrected chi connectivity index (χ4v) is 10.7. The molecule has 0 N–H and O–H groups in total. The fraction of sp³-hybridized carbons (Fsp3) is 0.956. The molecule has 0 saturated carbocycles. The van der Waals surface area contributed by atoms with Crippen LogP contribution in [0.25, 0.3) is 0 Å². The predicted octanol–water partition coefficient (Wildman–Crippen LogP) is 23.1. The highest BCUT2D eigenvalue weighted by Crippen LogP contribution is 2.19. The van der Waals surface area contributed by atoms with Gasteiger partial charge in [-0.15, -0.1) is 0 Å². The summed E-state index contributed by atoms with van der Waals surface area (Å²) in [5.74, 6) is -0.826. The zero-order valence-electron chi connectivity index (χ0n) is 50.7. The Balaban J connectivity index is 4.08. The van der Waals surface area contributed by atoms with Crippen LogP contribution in [0.3, 0.4) is 0 Å². The molecule has 1 unspecified atom stereocenters. The van der Waals surface area contributed by atoms with Crippen LogP contribution in [0.15, 0.2) is 0 Å². The molecule has 440 valence electrons. The molecule has 0 rings (SSSR count). The summed E-state index contributed by atoms with van der Waals surface area (Å²) in [6.07, 6.45) is 74.2. The van der Waals surface area contributed by atoms with Crippen LogP contribution in [0.4, 0.5) is 0 Å². The molecule has 0 bridgehead atoms. The van der Waals surface area contributed by atoms with Gasteiger partial charge in [-0.1, -0.05) is 361 Å². The van der Waals surface area contributed by atoms with Gasteiger partial charge in [-0.05, 0) is 19.3 Å². The minimum absolute atomic E-state index is 0.0606. The molecular weight excluding hydrogens is 913 g/mol. The largest absolute Gasteiger partial charge is 0.462 e. The van der Waals surface area contributed by atoms with Crippen molar-refractivity contribution >= 4 is 17.9 Å². The Morgan fingerprint density at radius 2 is 0.365 bits per heavy atom. The second-order valence-electron chi connectivity index (χ2n) is 23.5. The summed E-state index contributed by atoms with van der Waals surface area (Å²) in [6.45, 7) is 6.72. The molecule has 0 aliphatic rings. The summed E-state index contributed by atoms with van der Waals surface area (Å²) >= 11 is 0. The second kappa shape index (κ2) is 63.9. The Bertz CT molecular complexity index is 1110. The van der Waals surface area contributed by atoms with Gasteiger partial charge in [0.15, 0.2) is 6.10 Å². The van der Waals surface area contributed by atoms with E-state index >= 15 is 0 Å².